The molecule has 4 aliphatic rings. The third-order valence-corrected chi connectivity index (χ3v) is 13.8. The first-order valence-corrected chi connectivity index (χ1v) is 17.3. The van der Waals surface area contributed by atoms with E-state index in [1.807, 2.05) is 0 Å². The second-order valence-electron chi connectivity index (χ2n) is 14.1. The largest absolute Gasteiger partial charge is 0.456 e. The summed E-state index contributed by atoms with van der Waals surface area (Å²) in [6.45, 7) is 3.57. The summed E-state index contributed by atoms with van der Waals surface area (Å²) in [5.74, 6) is -5.67. The number of hydrogen-bond donors (Lipinski definition) is 1. The van der Waals surface area contributed by atoms with E-state index < -0.39 is 45.3 Å². The molecule has 0 amide bonds. The predicted octanol–water partition coefficient (Wildman–Crippen LogP) is 8.10. The van der Waals surface area contributed by atoms with Gasteiger partial charge in [0.2, 0.25) is 0 Å². The van der Waals surface area contributed by atoms with Crippen molar-refractivity contribution >= 4 is 15.6 Å². The molecule has 43 heavy (non-hydrogen) atoms. The smallest absolute Gasteiger partial charge is 0.383 e. The Bertz CT molecular complexity index is 1340. The molecule has 3 fully saturated rings. The lowest BCUT2D eigenvalue weighted by atomic mass is 9.43. The van der Waals surface area contributed by atoms with Gasteiger partial charge in [0.05, 0.1) is 10.6 Å². The lowest BCUT2D eigenvalue weighted by molar-refractivity contribution is -0.364. The Labute approximate surface area is 251 Å². The fourth-order valence-corrected chi connectivity index (χ4v) is 11.0. The number of benzene rings is 1. The van der Waals surface area contributed by atoms with Crippen LogP contribution in [0.4, 0.5) is 22.0 Å². The Morgan fingerprint density at radius 3 is 2.23 bits per heavy atom. The van der Waals surface area contributed by atoms with Gasteiger partial charge in [0.1, 0.15) is 5.60 Å². The monoisotopic (exact) mass is 630 g/mol. The summed E-state index contributed by atoms with van der Waals surface area (Å²) in [5.41, 5.74) is -3.99. The number of hydrogen-bond acceptors (Lipinski definition) is 4. The van der Waals surface area contributed by atoms with Crippen molar-refractivity contribution in [1.29, 1.82) is 0 Å². The second-order valence-corrected chi connectivity index (χ2v) is 16.2. The summed E-state index contributed by atoms with van der Waals surface area (Å²) < 4.78 is 96.1. The highest BCUT2D eigenvalue weighted by molar-refractivity contribution is 7.91. The van der Waals surface area contributed by atoms with E-state index in [-0.39, 0.29) is 47.5 Å². The number of allylic oxidation sites excluding steroid dienone is 1. The van der Waals surface area contributed by atoms with Crippen molar-refractivity contribution < 1.29 is 40.3 Å². The van der Waals surface area contributed by atoms with Gasteiger partial charge < -0.3 is 5.11 Å². The molecule has 1 aromatic rings. The van der Waals surface area contributed by atoms with Crippen LogP contribution in [0.2, 0.25) is 0 Å². The van der Waals surface area contributed by atoms with Gasteiger partial charge in [0, 0.05) is 11.8 Å². The van der Waals surface area contributed by atoms with Crippen LogP contribution < -0.4 is 0 Å². The van der Waals surface area contributed by atoms with Crippen molar-refractivity contribution in [3.05, 3.63) is 42.0 Å². The third-order valence-electron chi connectivity index (χ3n) is 12.0. The molecule has 0 aliphatic heterocycles. The SMILES string of the molecule is C[C@]12CCC(=O)C=C1CC(CCCCCCS(=O)(=O)c1ccccc1)[C@@H]1[C@H]2CC[C@@]2(C)[C@H]1CCC2(O)C(F)(F)C(F)(F)F. The molecule has 3 saturated carbocycles. The van der Waals surface area contributed by atoms with Gasteiger partial charge in [0.25, 0.3) is 0 Å². The van der Waals surface area contributed by atoms with E-state index in [9.17, 15) is 40.3 Å². The van der Waals surface area contributed by atoms with Gasteiger partial charge in [-0.25, -0.2) is 8.42 Å². The maximum atomic E-state index is 15.0. The molecule has 0 bridgehead atoms. The Hall–Kier alpha value is -1.81. The Morgan fingerprint density at radius 2 is 1.56 bits per heavy atom. The molecule has 10 heteroatoms. The summed E-state index contributed by atoms with van der Waals surface area (Å²) in [4.78, 5) is 12.7. The van der Waals surface area contributed by atoms with Crippen molar-refractivity contribution in [2.24, 2.45) is 34.5 Å². The van der Waals surface area contributed by atoms with Crippen LogP contribution in [0, 0.1) is 34.5 Å². The molecule has 0 spiro atoms. The van der Waals surface area contributed by atoms with Gasteiger partial charge in [-0.3, -0.25) is 4.79 Å². The van der Waals surface area contributed by atoms with Crippen LogP contribution in [-0.2, 0) is 14.6 Å². The number of carbonyl (C=O) groups is 1. The third kappa shape index (κ3) is 5.30. The fourth-order valence-electron chi connectivity index (χ4n) is 9.56. The summed E-state index contributed by atoms with van der Waals surface area (Å²) in [7, 11) is -3.36. The van der Waals surface area contributed by atoms with Crippen molar-refractivity contribution in [2.75, 3.05) is 5.75 Å². The van der Waals surface area contributed by atoms with Crippen molar-refractivity contribution in [2.45, 2.75) is 113 Å². The predicted molar refractivity (Wildman–Crippen MR) is 153 cm³/mol. The average Bonchev–Trinajstić information content (AvgIpc) is 3.23. The molecule has 0 heterocycles. The van der Waals surface area contributed by atoms with E-state index in [4.69, 9.17) is 0 Å². The highest BCUT2D eigenvalue weighted by Crippen LogP contribution is 2.72. The molecule has 4 aliphatic carbocycles. The minimum Gasteiger partial charge on any atom is -0.383 e. The number of unbranched alkanes of at least 4 members (excludes halogenated alkanes) is 3. The average molecular weight is 631 g/mol. The van der Waals surface area contributed by atoms with Crippen LogP contribution in [0.1, 0.15) is 90.9 Å². The molecule has 4 nitrogen and oxygen atoms in total. The van der Waals surface area contributed by atoms with E-state index in [1.165, 1.54) is 6.92 Å². The zero-order valence-electron chi connectivity index (χ0n) is 24.9. The van der Waals surface area contributed by atoms with Crippen LogP contribution in [0.3, 0.4) is 0 Å². The van der Waals surface area contributed by atoms with E-state index in [0.29, 0.717) is 43.4 Å². The number of ketones is 1. The van der Waals surface area contributed by atoms with Crippen LogP contribution in [0.5, 0.6) is 0 Å². The number of halogens is 5. The maximum absolute atomic E-state index is 15.0. The Balaban J connectivity index is 1.33. The quantitative estimate of drug-likeness (QED) is 0.221. The highest BCUT2D eigenvalue weighted by Gasteiger charge is 2.79. The minimum absolute atomic E-state index is 0.00485. The van der Waals surface area contributed by atoms with Crippen LogP contribution >= 0.6 is 0 Å². The molecule has 0 aromatic heterocycles. The number of carbonyl (C=O) groups excluding carboxylic acids is 1. The lowest BCUT2D eigenvalue weighted by Gasteiger charge is -2.62. The maximum Gasteiger partial charge on any atom is 0.456 e. The van der Waals surface area contributed by atoms with Crippen molar-refractivity contribution in [3.63, 3.8) is 0 Å². The fraction of sp³-hybridized carbons (Fsp3) is 0.727. The van der Waals surface area contributed by atoms with Gasteiger partial charge in [-0.15, -0.1) is 0 Å². The Morgan fingerprint density at radius 1 is 0.907 bits per heavy atom. The van der Waals surface area contributed by atoms with Gasteiger partial charge >= 0.3 is 12.1 Å². The van der Waals surface area contributed by atoms with E-state index >= 15 is 0 Å². The van der Waals surface area contributed by atoms with Crippen LogP contribution in [-0.4, -0.2) is 42.8 Å². The molecule has 240 valence electrons. The summed E-state index contributed by atoms with van der Waals surface area (Å²) in [6.07, 6.45) is 1.05. The molecule has 5 rings (SSSR count). The van der Waals surface area contributed by atoms with Gasteiger partial charge in [-0.05, 0) is 98.7 Å². The zero-order valence-corrected chi connectivity index (χ0v) is 25.8. The topological polar surface area (TPSA) is 71.4 Å². The molecule has 7 atom stereocenters. The highest BCUT2D eigenvalue weighted by atomic mass is 32.2. The molecule has 0 saturated heterocycles. The van der Waals surface area contributed by atoms with Crippen LogP contribution in [0.15, 0.2) is 46.9 Å². The minimum atomic E-state index is -5.85. The Kier molecular flexibility index (Phi) is 8.50. The molecule has 2 unspecified atom stereocenters. The summed E-state index contributed by atoms with van der Waals surface area (Å²) >= 11 is 0. The normalized spacial score (nSPS) is 36.5. The van der Waals surface area contributed by atoms with Gasteiger partial charge in [-0.2, -0.15) is 22.0 Å². The lowest BCUT2D eigenvalue weighted by Crippen LogP contribution is -2.66. The van der Waals surface area contributed by atoms with Crippen LogP contribution in [0.25, 0.3) is 0 Å². The number of fused-ring (bicyclic) bond motifs is 5. The zero-order chi connectivity index (χ0) is 31.5. The van der Waals surface area contributed by atoms with Gasteiger partial charge in [-0.1, -0.05) is 56.9 Å². The summed E-state index contributed by atoms with van der Waals surface area (Å²) in [5, 5.41) is 11.3. The van der Waals surface area contributed by atoms with E-state index in [2.05, 4.69) is 6.92 Å². The van der Waals surface area contributed by atoms with E-state index in [1.54, 1.807) is 36.4 Å². The number of sulfone groups is 1. The first kappa shape index (κ1) is 32.6. The molecule has 1 N–H and O–H groups in total. The second kappa shape index (κ2) is 11.2. The molecular formula is C33H43F5O4S. The number of aliphatic hydroxyl groups is 1. The van der Waals surface area contributed by atoms with E-state index in [0.717, 1.165) is 24.8 Å². The van der Waals surface area contributed by atoms with Gasteiger partial charge in [0.15, 0.2) is 15.6 Å². The first-order valence-electron chi connectivity index (χ1n) is 15.7. The summed E-state index contributed by atoms with van der Waals surface area (Å²) in [6, 6.07) is 8.31. The van der Waals surface area contributed by atoms with Crippen molar-refractivity contribution in [3.8, 4) is 0 Å². The number of alkyl halides is 5. The molecule has 0 radical (unpaired) electrons. The standard InChI is InChI=1S/C33H43F5O4S/c1-29-16-13-24(39)21-23(29)20-22(10-6-3-4-9-19-43(41,42)25-11-7-5-8-12-25)28-26(29)14-17-30(2)27(28)15-18-31(30,40)32(34,35)33(36,37)38/h5,7-8,11-12,21-22,26-28,40H,3-4,6,9-10,13-20H2,1-2H3/t22?,26-,27+,28-,29+,30+,31?/m1/s1. The first-order chi connectivity index (χ1) is 20.0. The molecule has 1 aromatic carbocycles. The number of rotatable bonds is 9. The molecular weight excluding hydrogens is 587 g/mol. The van der Waals surface area contributed by atoms with Crippen molar-refractivity contribution in [1.82, 2.24) is 0 Å².